The van der Waals surface area contributed by atoms with Crippen LogP contribution in [-0.2, 0) is 9.47 Å². The Kier molecular flexibility index (Phi) is 6.41. The second kappa shape index (κ2) is 8.10. The van der Waals surface area contributed by atoms with Gasteiger partial charge in [0.25, 0.3) is 0 Å². The molecule has 1 aliphatic carbocycles. The Hall–Kier alpha value is -0.160. The second-order valence-corrected chi connectivity index (χ2v) is 5.62. The van der Waals surface area contributed by atoms with Gasteiger partial charge in [0.15, 0.2) is 0 Å². The molecule has 0 radical (unpaired) electrons. The van der Waals surface area contributed by atoms with E-state index in [1.165, 1.54) is 32.1 Å². The first-order valence-electron chi connectivity index (χ1n) is 7.42. The highest BCUT2D eigenvalue weighted by atomic mass is 16.5. The quantitative estimate of drug-likeness (QED) is 0.644. The molecule has 1 aliphatic heterocycles. The van der Waals surface area contributed by atoms with Gasteiger partial charge in [-0.1, -0.05) is 12.8 Å². The summed E-state index contributed by atoms with van der Waals surface area (Å²) in [6, 6.07) is 0. The third kappa shape index (κ3) is 5.22. The molecule has 2 atom stereocenters. The summed E-state index contributed by atoms with van der Waals surface area (Å²) in [5.74, 6) is 0.712. The van der Waals surface area contributed by atoms with Crippen molar-refractivity contribution in [3.05, 3.63) is 0 Å². The molecule has 2 N–H and O–H groups in total. The van der Waals surface area contributed by atoms with E-state index >= 15 is 0 Å². The monoisotopic (exact) mass is 257 g/mol. The van der Waals surface area contributed by atoms with Crippen LogP contribution in [0.25, 0.3) is 0 Å². The van der Waals surface area contributed by atoms with Crippen LogP contribution in [0.3, 0.4) is 0 Å². The second-order valence-electron chi connectivity index (χ2n) is 5.62. The molecule has 0 aromatic rings. The number of ether oxygens (including phenoxy) is 2. The summed E-state index contributed by atoms with van der Waals surface area (Å²) in [7, 11) is 0. The van der Waals surface area contributed by atoms with Crippen molar-refractivity contribution in [1.29, 1.82) is 0 Å². The number of rotatable bonds is 8. The molecule has 2 unspecified atom stereocenters. The minimum Gasteiger partial charge on any atom is -0.389 e. The molecule has 106 valence electrons. The molecular weight excluding hydrogens is 230 g/mol. The third-order valence-electron chi connectivity index (χ3n) is 3.96. The van der Waals surface area contributed by atoms with E-state index in [9.17, 15) is 5.11 Å². The molecule has 4 nitrogen and oxygen atoms in total. The lowest BCUT2D eigenvalue weighted by Crippen LogP contribution is -2.32. The fourth-order valence-corrected chi connectivity index (χ4v) is 2.75. The molecule has 1 saturated carbocycles. The summed E-state index contributed by atoms with van der Waals surface area (Å²) in [4.78, 5) is 0. The Balaban J connectivity index is 1.42. The summed E-state index contributed by atoms with van der Waals surface area (Å²) >= 11 is 0. The molecule has 1 heterocycles. The molecule has 0 amide bonds. The minimum atomic E-state index is -0.370. The number of aliphatic hydroxyl groups excluding tert-OH is 1. The smallest absolute Gasteiger partial charge is 0.0897 e. The molecule has 1 saturated heterocycles. The van der Waals surface area contributed by atoms with Crippen LogP contribution in [0.4, 0.5) is 0 Å². The van der Waals surface area contributed by atoms with Crippen LogP contribution < -0.4 is 5.32 Å². The van der Waals surface area contributed by atoms with E-state index in [1.54, 1.807) is 0 Å². The third-order valence-corrected chi connectivity index (χ3v) is 3.96. The van der Waals surface area contributed by atoms with Crippen molar-refractivity contribution in [3.8, 4) is 0 Å². The highest BCUT2D eigenvalue weighted by Crippen LogP contribution is 2.20. The number of hydrogen-bond acceptors (Lipinski definition) is 4. The Morgan fingerprint density at radius 3 is 2.83 bits per heavy atom. The lowest BCUT2D eigenvalue weighted by Gasteiger charge is -2.16. The highest BCUT2D eigenvalue weighted by Gasteiger charge is 2.17. The summed E-state index contributed by atoms with van der Waals surface area (Å²) in [5.41, 5.74) is 0. The fourth-order valence-electron chi connectivity index (χ4n) is 2.75. The molecule has 2 rings (SSSR count). The van der Waals surface area contributed by atoms with Gasteiger partial charge in [0.1, 0.15) is 0 Å². The molecule has 18 heavy (non-hydrogen) atoms. The molecule has 0 aromatic carbocycles. The lowest BCUT2D eigenvalue weighted by atomic mass is 10.1. The number of aliphatic hydroxyl groups is 1. The zero-order valence-electron chi connectivity index (χ0n) is 11.3. The highest BCUT2D eigenvalue weighted by molar-refractivity contribution is 4.69. The van der Waals surface area contributed by atoms with Crippen molar-refractivity contribution >= 4 is 0 Å². The largest absolute Gasteiger partial charge is 0.389 e. The van der Waals surface area contributed by atoms with E-state index in [-0.39, 0.29) is 6.10 Å². The van der Waals surface area contributed by atoms with Gasteiger partial charge in [-0.25, -0.2) is 0 Å². The van der Waals surface area contributed by atoms with Crippen molar-refractivity contribution in [2.24, 2.45) is 5.92 Å². The van der Waals surface area contributed by atoms with Crippen molar-refractivity contribution in [3.63, 3.8) is 0 Å². The van der Waals surface area contributed by atoms with Gasteiger partial charge < -0.3 is 19.9 Å². The Morgan fingerprint density at radius 2 is 2.11 bits per heavy atom. The summed E-state index contributed by atoms with van der Waals surface area (Å²) in [6.07, 6.45) is 7.26. The van der Waals surface area contributed by atoms with Gasteiger partial charge in [-0.15, -0.1) is 0 Å². The maximum atomic E-state index is 9.79. The zero-order valence-corrected chi connectivity index (χ0v) is 11.3. The molecule has 0 spiro atoms. The fraction of sp³-hybridized carbons (Fsp3) is 1.00. The average Bonchev–Trinajstić information content (AvgIpc) is 3.04. The van der Waals surface area contributed by atoms with Gasteiger partial charge in [-0.2, -0.15) is 0 Å². The van der Waals surface area contributed by atoms with E-state index < -0.39 is 0 Å². The van der Waals surface area contributed by atoms with E-state index in [1.807, 2.05) is 0 Å². The van der Waals surface area contributed by atoms with E-state index in [4.69, 9.17) is 9.47 Å². The molecule has 4 heteroatoms. The SMILES string of the molecule is OC(CNCCC1CCOC1)COC1CCCC1. The lowest BCUT2D eigenvalue weighted by molar-refractivity contribution is -0.00542. The maximum absolute atomic E-state index is 9.79. The van der Waals surface area contributed by atoms with Crippen molar-refractivity contribution in [2.75, 3.05) is 32.9 Å². The van der Waals surface area contributed by atoms with Crippen LogP contribution in [0.2, 0.25) is 0 Å². The first-order chi connectivity index (χ1) is 8.84. The minimum absolute atomic E-state index is 0.370. The molecule has 0 aromatic heterocycles. The standard InChI is InChI=1S/C14H27NO3/c16-13(11-18-14-3-1-2-4-14)9-15-7-5-12-6-8-17-10-12/h12-16H,1-11H2. The maximum Gasteiger partial charge on any atom is 0.0897 e. The van der Waals surface area contributed by atoms with Crippen molar-refractivity contribution < 1.29 is 14.6 Å². The van der Waals surface area contributed by atoms with E-state index in [2.05, 4.69) is 5.32 Å². The Morgan fingerprint density at radius 1 is 1.28 bits per heavy atom. The van der Waals surface area contributed by atoms with Crippen LogP contribution in [-0.4, -0.2) is 50.2 Å². The van der Waals surface area contributed by atoms with Gasteiger partial charge >= 0.3 is 0 Å². The predicted octanol–water partition coefficient (Wildman–Crippen LogP) is 1.32. The summed E-state index contributed by atoms with van der Waals surface area (Å²) < 4.78 is 11.0. The van der Waals surface area contributed by atoms with Crippen LogP contribution in [0, 0.1) is 5.92 Å². The zero-order chi connectivity index (χ0) is 12.6. The predicted molar refractivity (Wildman–Crippen MR) is 70.6 cm³/mol. The molecule has 2 fully saturated rings. The van der Waals surface area contributed by atoms with E-state index in [0.717, 1.165) is 26.2 Å². The Labute approximate surface area is 110 Å². The van der Waals surface area contributed by atoms with Crippen LogP contribution >= 0.6 is 0 Å². The first kappa shape index (κ1) is 14.3. The topological polar surface area (TPSA) is 50.7 Å². The molecule has 0 bridgehead atoms. The normalized spacial score (nSPS) is 26.8. The van der Waals surface area contributed by atoms with Crippen molar-refractivity contribution in [1.82, 2.24) is 5.32 Å². The van der Waals surface area contributed by atoms with Gasteiger partial charge in [0, 0.05) is 19.8 Å². The number of hydrogen-bond donors (Lipinski definition) is 2. The van der Waals surface area contributed by atoms with Gasteiger partial charge in [0.2, 0.25) is 0 Å². The average molecular weight is 257 g/mol. The molecular formula is C14H27NO3. The summed E-state index contributed by atoms with van der Waals surface area (Å²) in [6.45, 7) is 3.91. The van der Waals surface area contributed by atoms with Crippen LogP contribution in [0.5, 0.6) is 0 Å². The van der Waals surface area contributed by atoms with Crippen LogP contribution in [0.15, 0.2) is 0 Å². The Bertz CT molecular complexity index is 213. The van der Waals surface area contributed by atoms with Gasteiger partial charge in [0.05, 0.1) is 18.8 Å². The molecule has 2 aliphatic rings. The number of nitrogens with one attached hydrogen (secondary N) is 1. The van der Waals surface area contributed by atoms with Gasteiger partial charge in [-0.3, -0.25) is 0 Å². The van der Waals surface area contributed by atoms with E-state index in [0.29, 0.717) is 25.2 Å². The van der Waals surface area contributed by atoms with Crippen molar-refractivity contribution in [2.45, 2.75) is 50.7 Å². The summed E-state index contributed by atoms with van der Waals surface area (Å²) in [5, 5.41) is 13.1. The van der Waals surface area contributed by atoms with Crippen LogP contribution in [0.1, 0.15) is 38.5 Å². The first-order valence-corrected chi connectivity index (χ1v) is 7.42. The van der Waals surface area contributed by atoms with Gasteiger partial charge in [-0.05, 0) is 38.1 Å².